The van der Waals surface area contributed by atoms with E-state index in [1.165, 1.54) is 6.33 Å². The third-order valence-corrected chi connectivity index (χ3v) is 3.72. The molecular formula is C14H18N6O. The number of nitrogens with zero attached hydrogens (tertiary/aromatic N) is 4. The van der Waals surface area contributed by atoms with Gasteiger partial charge in [-0.25, -0.2) is 4.68 Å². The van der Waals surface area contributed by atoms with Gasteiger partial charge in [-0.1, -0.05) is 12.5 Å². The van der Waals surface area contributed by atoms with Crippen molar-refractivity contribution in [1.82, 2.24) is 25.5 Å². The van der Waals surface area contributed by atoms with Crippen LogP contribution in [-0.4, -0.2) is 38.7 Å². The van der Waals surface area contributed by atoms with Gasteiger partial charge in [0.2, 0.25) is 5.91 Å². The van der Waals surface area contributed by atoms with Gasteiger partial charge in [-0.2, -0.15) is 0 Å². The number of hydrogen-bond acceptors (Lipinski definition) is 5. The molecule has 1 aliphatic heterocycles. The number of aromatic nitrogens is 4. The molecule has 110 valence electrons. The lowest BCUT2D eigenvalue weighted by Gasteiger charge is -2.23. The molecule has 21 heavy (non-hydrogen) atoms. The first-order chi connectivity index (χ1) is 10.2. The molecule has 7 nitrogen and oxygen atoms in total. The van der Waals surface area contributed by atoms with Gasteiger partial charge in [0, 0.05) is 5.69 Å². The van der Waals surface area contributed by atoms with Crippen molar-refractivity contribution in [3.8, 4) is 5.69 Å². The number of amides is 1. The molecule has 0 spiro atoms. The second-order valence-corrected chi connectivity index (χ2v) is 5.25. The number of rotatable bonds is 3. The van der Waals surface area contributed by atoms with Crippen LogP contribution in [0.5, 0.6) is 0 Å². The Hall–Kier alpha value is -2.28. The standard InChI is InChI=1S/C14H18N6O/c1-10-5-6-11(20-9-16-18-19-20)8-13(10)17-14(21)12-4-2-3-7-15-12/h5-6,8-9,12,15H,2-4,7H2,1H3,(H,17,21)/t12-/m1/s1. The molecule has 2 heterocycles. The molecule has 7 heteroatoms. The minimum Gasteiger partial charge on any atom is -0.324 e. The molecule has 0 aliphatic carbocycles. The first-order valence-corrected chi connectivity index (χ1v) is 7.12. The second-order valence-electron chi connectivity index (χ2n) is 5.25. The summed E-state index contributed by atoms with van der Waals surface area (Å²) in [5, 5.41) is 17.3. The van der Waals surface area contributed by atoms with E-state index in [0.717, 1.165) is 42.7 Å². The summed E-state index contributed by atoms with van der Waals surface area (Å²) in [7, 11) is 0. The Morgan fingerprint density at radius 3 is 3.05 bits per heavy atom. The lowest BCUT2D eigenvalue weighted by atomic mass is 10.0. The number of carbonyl (C=O) groups is 1. The van der Waals surface area contributed by atoms with Gasteiger partial charge in [0.1, 0.15) is 6.33 Å². The van der Waals surface area contributed by atoms with E-state index in [4.69, 9.17) is 0 Å². The molecule has 1 saturated heterocycles. The lowest BCUT2D eigenvalue weighted by Crippen LogP contribution is -2.43. The minimum absolute atomic E-state index is 0.0201. The van der Waals surface area contributed by atoms with Gasteiger partial charge < -0.3 is 10.6 Å². The zero-order valence-electron chi connectivity index (χ0n) is 11.9. The summed E-state index contributed by atoms with van der Waals surface area (Å²) in [5.41, 5.74) is 2.62. The van der Waals surface area contributed by atoms with Gasteiger partial charge in [-0.3, -0.25) is 4.79 Å². The van der Waals surface area contributed by atoms with Crippen molar-refractivity contribution in [2.45, 2.75) is 32.2 Å². The summed E-state index contributed by atoms with van der Waals surface area (Å²) < 4.78 is 1.56. The van der Waals surface area contributed by atoms with Crippen LogP contribution in [0.4, 0.5) is 5.69 Å². The Morgan fingerprint density at radius 2 is 2.33 bits per heavy atom. The summed E-state index contributed by atoms with van der Waals surface area (Å²) in [5.74, 6) is 0.0201. The third kappa shape index (κ3) is 3.08. The maximum absolute atomic E-state index is 12.3. The monoisotopic (exact) mass is 286 g/mol. The van der Waals surface area contributed by atoms with Gasteiger partial charge in [0.25, 0.3) is 0 Å². The van der Waals surface area contributed by atoms with Crippen molar-refractivity contribution >= 4 is 11.6 Å². The maximum atomic E-state index is 12.3. The molecule has 1 aromatic carbocycles. The van der Waals surface area contributed by atoms with Gasteiger partial charge in [0.05, 0.1) is 11.7 Å². The van der Waals surface area contributed by atoms with Crippen LogP contribution in [0.1, 0.15) is 24.8 Å². The Labute approximate surface area is 122 Å². The average molecular weight is 286 g/mol. The van der Waals surface area contributed by atoms with Crippen molar-refractivity contribution in [3.63, 3.8) is 0 Å². The highest BCUT2D eigenvalue weighted by Crippen LogP contribution is 2.20. The molecule has 0 radical (unpaired) electrons. The van der Waals surface area contributed by atoms with Crippen LogP contribution < -0.4 is 10.6 Å². The number of aryl methyl sites for hydroxylation is 1. The Bertz CT molecular complexity index is 618. The first kappa shape index (κ1) is 13.7. The molecule has 1 fully saturated rings. The summed E-state index contributed by atoms with van der Waals surface area (Å²) >= 11 is 0. The number of anilines is 1. The van der Waals surface area contributed by atoms with E-state index in [0.29, 0.717) is 0 Å². The van der Waals surface area contributed by atoms with Crippen molar-refractivity contribution in [2.24, 2.45) is 0 Å². The second kappa shape index (κ2) is 6.01. The molecule has 2 N–H and O–H groups in total. The predicted molar refractivity (Wildman–Crippen MR) is 78.2 cm³/mol. The molecule has 0 bridgehead atoms. The molecular weight excluding hydrogens is 268 g/mol. The topological polar surface area (TPSA) is 84.7 Å². The smallest absolute Gasteiger partial charge is 0.241 e. The fourth-order valence-electron chi connectivity index (χ4n) is 2.46. The van der Waals surface area contributed by atoms with E-state index in [1.807, 2.05) is 25.1 Å². The molecule has 1 amide bonds. The molecule has 0 unspecified atom stereocenters. The van der Waals surface area contributed by atoms with Gasteiger partial charge in [0.15, 0.2) is 0 Å². The van der Waals surface area contributed by atoms with Crippen LogP contribution in [-0.2, 0) is 4.79 Å². The highest BCUT2D eigenvalue weighted by molar-refractivity contribution is 5.95. The first-order valence-electron chi connectivity index (χ1n) is 7.12. The zero-order valence-corrected chi connectivity index (χ0v) is 11.9. The quantitative estimate of drug-likeness (QED) is 0.881. The van der Waals surface area contributed by atoms with Crippen LogP contribution in [0.2, 0.25) is 0 Å². The minimum atomic E-state index is -0.102. The maximum Gasteiger partial charge on any atom is 0.241 e. The normalized spacial score (nSPS) is 18.4. The average Bonchev–Trinajstić information content (AvgIpc) is 3.04. The molecule has 3 rings (SSSR count). The molecule has 0 saturated carbocycles. The van der Waals surface area contributed by atoms with E-state index in [9.17, 15) is 4.79 Å². The summed E-state index contributed by atoms with van der Waals surface area (Å²) in [6.07, 6.45) is 4.64. The summed E-state index contributed by atoms with van der Waals surface area (Å²) in [4.78, 5) is 12.3. The van der Waals surface area contributed by atoms with Crippen LogP contribution in [0, 0.1) is 6.92 Å². The van der Waals surface area contributed by atoms with Crippen LogP contribution in [0.3, 0.4) is 0 Å². The Morgan fingerprint density at radius 1 is 1.43 bits per heavy atom. The van der Waals surface area contributed by atoms with Crippen molar-refractivity contribution in [3.05, 3.63) is 30.1 Å². The van der Waals surface area contributed by atoms with Gasteiger partial charge >= 0.3 is 0 Å². The van der Waals surface area contributed by atoms with Crippen molar-refractivity contribution in [2.75, 3.05) is 11.9 Å². The number of carbonyl (C=O) groups excluding carboxylic acids is 1. The Kier molecular flexibility index (Phi) is 3.92. The van der Waals surface area contributed by atoms with Gasteiger partial charge in [-0.05, 0) is 54.4 Å². The number of piperidine rings is 1. The molecule has 2 aromatic rings. The fourth-order valence-corrected chi connectivity index (χ4v) is 2.46. The molecule has 1 atom stereocenters. The molecule has 1 aromatic heterocycles. The predicted octanol–water partition coefficient (Wildman–Crippen LogP) is 1.05. The van der Waals surface area contributed by atoms with Crippen LogP contribution in [0.25, 0.3) is 5.69 Å². The lowest BCUT2D eigenvalue weighted by molar-refractivity contribution is -0.118. The highest BCUT2D eigenvalue weighted by atomic mass is 16.2. The van der Waals surface area contributed by atoms with E-state index in [2.05, 4.69) is 26.2 Å². The van der Waals surface area contributed by atoms with E-state index in [1.54, 1.807) is 4.68 Å². The van der Waals surface area contributed by atoms with Crippen molar-refractivity contribution in [1.29, 1.82) is 0 Å². The van der Waals surface area contributed by atoms with E-state index in [-0.39, 0.29) is 11.9 Å². The van der Waals surface area contributed by atoms with E-state index >= 15 is 0 Å². The highest BCUT2D eigenvalue weighted by Gasteiger charge is 2.21. The van der Waals surface area contributed by atoms with E-state index < -0.39 is 0 Å². The van der Waals surface area contributed by atoms with Crippen LogP contribution in [0.15, 0.2) is 24.5 Å². The fraction of sp³-hybridized carbons (Fsp3) is 0.429. The van der Waals surface area contributed by atoms with Crippen molar-refractivity contribution < 1.29 is 4.79 Å². The number of tetrazole rings is 1. The molecule has 1 aliphatic rings. The summed E-state index contributed by atoms with van der Waals surface area (Å²) in [6, 6.07) is 5.64. The third-order valence-electron chi connectivity index (χ3n) is 3.72. The largest absolute Gasteiger partial charge is 0.324 e. The SMILES string of the molecule is Cc1ccc(-n2cnnn2)cc1NC(=O)[C@H]1CCCCN1. The van der Waals surface area contributed by atoms with Gasteiger partial charge in [-0.15, -0.1) is 5.10 Å². The van der Waals surface area contributed by atoms with Crippen LogP contribution >= 0.6 is 0 Å². The zero-order chi connectivity index (χ0) is 14.7. The Balaban J connectivity index is 1.78. The summed E-state index contributed by atoms with van der Waals surface area (Å²) in [6.45, 7) is 2.87. The number of hydrogen-bond donors (Lipinski definition) is 2. The number of benzene rings is 1. The number of nitrogens with one attached hydrogen (secondary N) is 2.